The molecule has 2 heteroatoms. The van der Waals surface area contributed by atoms with E-state index in [2.05, 4.69) is 25.2 Å². The van der Waals surface area contributed by atoms with Crippen LogP contribution in [0.3, 0.4) is 0 Å². The maximum Gasteiger partial charge on any atom is 0.0312 e. The van der Waals surface area contributed by atoms with Gasteiger partial charge in [0.2, 0.25) is 0 Å². The zero-order chi connectivity index (χ0) is 7.61. The van der Waals surface area contributed by atoms with Gasteiger partial charge in [-0.2, -0.15) is 0 Å². The highest BCUT2D eigenvalue weighted by Gasteiger charge is 2.17. The molecule has 0 amide bonds. The van der Waals surface area contributed by atoms with Crippen molar-refractivity contribution < 1.29 is 0 Å². The first-order valence-electron chi connectivity index (χ1n) is 3.80. The summed E-state index contributed by atoms with van der Waals surface area (Å²) in [4.78, 5) is 0. The minimum Gasteiger partial charge on any atom is -0.322 e. The maximum atomic E-state index is 5.91. The molecule has 10 heavy (non-hydrogen) atoms. The lowest BCUT2D eigenvalue weighted by molar-refractivity contribution is 0.549. The van der Waals surface area contributed by atoms with E-state index < -0.39 is 0 Å². The average Bonchev–Trinajstić information content (AvgIpc) is 1.88. The van der Waals surface area contributed by atoms with Gasteiger partial charge in [-0.05, 0) is 26.8 Å². The molecule has 3 N–H and O–H groups in total. The van der Waals surface area contributed by atoms with Crippen molar-refractivity contribution in [1.29, 1.82) is 0 Å². The molecule has 0 saturated heterocycles. The molecule has 0 fully saturated rings. The van der Waals surface area contributed by atoms with Crippen molar-refractivity contribution in [3.8, 4) is 0 Å². The standard InChI is InChI=1S/C8H16N2/c1-8(2,9)7-3-5-10-6-4-7/h3,10H,4-6,9H2,1-2H3. The minimum atomic E-state index is -0.109. The molecule has 1 rings (SSSR count). The van der Waals surface area contributed by atoms with Crippen LogP contribution in [-0.2, 0) is 0 Å². The van der Waals surface area contributed by atoms with E-state index in [-0.39, 0.29) is 5.54 Å². The Labute approximate surface area is 62.5 Å². The summed E-state index contributed by atoms with van der Waals surface area (Å²) in [7, 11) is 0. The van der Waals surface area contributed by atoms with Gasteiger partial charge in [0.05, 0.1) is 0 Å². The van der Waals surface area contributed by atoms with Crippen LogP contribution in [0.25, 0.3) is 0 Å². The van der Waals surface area contributed by atoms with Crippen molar-refractivity contribution in [3.05, 3.63) is 11.6 Å². The molecule has 0 saturated carbocycles. The van der Waals surface area contributed by atoms with Crippen LogP contribution in [0.4, 0.5) is 0 Å². The normalized spacial score (nSPS) is 20.5. The number of hydrogen-bond acceptors (Lipinski definition) is 2. The van der Waals surface area contributed by atoms with Crippen molar-refractivity contribution in [2.24, 2.45) is 5.73 Å². The summed E-state index contributed by atoms with van der Waals surface area (Å²) in [5.74, 6) is 0. The molecule has 58 valence electrons. The van der Waals surface area contributed by atoms with Gasteiger partial charge in [-0.3, -0.25) is 0 Å². The van der Waals surface area contributed by atoms with Gasteiger partial charge in [0.1, 0.15) is 0 Å². The summed E-state index contributed by atoms with van der Waals surface area (Å²) in [6.07, 6.45) is 3.30. The van der Waals surface area contributed by atoms with Gasteiger partial charge in [0.25, 0.3) is 0 Å². The van der Waals surface area contributed by atoms with E-state index in [1.807, 2.05) is 0 Å². The molecule has 1 aliphatic rings. The number of nitrogens with one attached hydrogen (secondary N) is 1. The Morgan fingerprint density at radius 3 is 2.60 bits per heavy atom. The zero-order valence-electron chi connectivity index (χ0n) is 6.78. The van der Waals surface area contributed by atoms with Gasteiger partial charge in [-0.1, -0.05) is 11.6 Å². The Morgan fingerprint density at radius 1 is 1.60 bits per heavy atom. The molecule has 0 atom stereocenters. The third-order valence-corrected chi connectivity index (χ3v) is 1.89. The topological polar surface area (TPSA) is 38.0 Å². The Morgan fingerprint density at radius 2 is 2.30 bits per heavy atom. The smallest absolute Gasteiger partial charge is 0.0312 e. The molecule has 1 aliphatic heterocycles. The van der Waals surface area contributed by atoms with Crippen molar-refractivity contribution >= 4 is 0 Å². The largest absolute Gasteiger partial charge is 0.322 e. The second kappa shape index (κ2) is 2.72. The Hall–Kier alpha value is -0.340. The van der Waals surface area contributed by atoms with Crippen LogP contribution >= 0.6 is 0 Å². The lowest BCUT2D eigenvalue weighted by Crippen LogP contribution is -2.38. The van der Waals surface area contributed by atoms with E-state index in [4.69, 9.17) is 5.73 Å². The minimum absolute atomic E-state index is 0.109. The third kappa shape index (κ3) is 1.82. The summed E-state index contributed by atoms with van der Waals surface area (Å²) in [5.41, 5.74) is 7.19. The molecule has 0 unspecified atom stereocenters. The summed E-state index contributed by atoms with van der Waals surface area (Å²) in [6, 6.07) is 0. The third-order valence-electron chi connectivity index (χ3n) is 1.89. The van der Waals surface area contributed by atoms with Crippen LogP contribution in [0, 0.1) is 0 Å². The highest BCUT2D eigenvalue weighted by Crippen LogP contribution is 2.16. The summed E-state index contributed by atoms with van der Waals surface area (Å²) in [6.45, 7) is 6.18. The fraction of sp³-hybridized carbons (Fsp3) is 0.750. The fourth-order valence-electron chi connectivity index (χ4n) is 1.21. The van der Waals surface area contributed by atoms with Gasteiger partial charge in [-0.15, -0.1) is 0 Å². The molecule has 0 radical (unpaired) electrons. The van der Waals surface area contributed by atoms with E-state index in [0.29, 0.717) is 0 Å². The van der Waals surface area contributed by atoms with Crippen molar-refractivity contribution in [2.45, 2.75) is 25.8 Å². The second-order valence-electron chi connectivity index (χ2n) is 3.41. The molecule has 0 spiro atoms. The molecule has 0 aromatic heterocycles. The van der Waals surface area contributed by atoms with Crippen LogP contribution in [0.5, 0.6) is 0 Å². The first-order valence-corrected chi connectivity index (χ1v) is 3.80. The highest BCUT2D eigenvalue weighted by molar-refractivity contribution is 5.18. The monoisotopic (exact) mass is 140 g/mol. The molecular weight excluding hydrogens is 124 g/mol. The first-order chi connectivity index (χ1) is 4.61. The maximum absolute atomic E-state index is 5.91. The van der Waals surface area contributed by atoms with Gasteiger partial charge >= 0.3 is 0 Å². The van der Waals surface area contributed by atoms with E-state index in [9.17, 15) is 0 Å². The Balaban J connectivity index is 2.62. The second-order valence-corrected chi connectivity index (χ2v) is 3.41. The van der Waals surface area contributed by atoms with Gasteiger partial charge in [0, 0.05) is 12.1 Å². The zero-order valence-corrected chi connectivity index (χ0v) is 6.78. The van der Waals surface area contributed by atoms with E-state index in [1.54, 1.807) is 0 Å². The highest BCUT2D eigenvalue weighted by atomic mass is 14.9. The molecular formula is C8H16N2. The van der Waals surface area contributed by atoms with Crippen LogP contribution in [-0.4, -0.2) is 18.6 Å². The summed E-state index contributed by atoms with van der Waals surface area (Å²) >= 11 is 0. The number of rotatable bonds is 1. The number of nitrogens with two attached hydrogens (primary N) is 1. The van der Waals surface area contributed by atoms with E-state index in [0.717, 1.165) is 19.5 Å². The predicted molar refractivity (Wildman–Crippen MR) is 43.8 cm³/mol. The van der Waals surface area contributed by atoms with Crippen molar-refractivity contribution in [3.63, 3.8) is 0 Å². The average molecular weight is 140 g/mol. The van der Waals surface area contributed by atoms with Crippen LogP contribution < -0.4 is 11.1 Å². The molecule has 1 heterocycles. The molecule has 0 bridgehead atoms. The SMILES string of the molecule is CC(C)(N)C1=CCNCC1. The lowest BCUT2D eigenvalue weighted by atomic mass is 9.91. The van der Waals surface area contributed by atoms with Crippen LogP contribution in [0.1, 0.15) is 20.3 Å². The van der Waals surface area contributed by atoms with Crippen molar-refractivity contribution in [1.82, 2.24) is 5.32 Å². The molecule has 0 aromatic rings. The summed E-state index contributed by atoms with van der Waals surface area (Å²) < 4.78 is 0. The van der Waals surface area contributed by atoms with Crippen LogP contribution in [0.2, 0.25) is 0 Å². The van der Waals surface area contributed by atoms with E-state index in [1.165, 1.54) is 5.57 Å². The lowest BCUT2D eigenvalue weighted by Gasteiger charge is -2.26. The Bertz CT molecular complexity index is 142. The van der Waals surface area contributed by atoms with Gasteiger partial charge in [0.15, 0.2) is 0 Å². The molecule has 0 aliphatic carbocycles. The van der Waals surface area contributed by atoms with Gasteiger partial charge in [-0.25, -0.2) is 0 Å². The van der Waals surface area contributed by atoms with Gasteiger partial charge < -0.3 is 11.1 Å². The summed E-state index contributed by atoms with van der Waals surface area (Å²) in [5, 5.41) is 3.25. The Kier molecular flexibility index (Phi) is 2.11. The van der Waals surface area contributed by atoms with E-state index >= 15 is 0 Å². The van der Waals surface area contributed by atoms with Crippen LogP contribution in [0.15, 0.2) is 11.6 Å². The van der Waals surface area contributed by atoms with Crippen molar-refractivity contribution in [2.75, 3.05) is 13.1 Å². The molecule has 0 aromatic carbocycles. The first kappa shape index (κ1) is 7.76. The quantitative estimate of drug-likeness (QED) is 0.525. The fourth-order valence-corrected chi connectivity index (χ4v) is 1.21. The number of hydrogen-bond donors (Lipinski definition) is 2. The molecule has 2 nitrogen and oxygen atoms in total. The predicted octanol–water partition coefficient (Wildman–Crippen LogP) is 0.643.